The summed E-state index contributed by atoms with van der Waals surface area (Å²) in [6, 6.07) is 8.33. The van der Waals surface area contributed by atoms with Gasteiger partial charge in [0.2, 0.25) is 0 Å². The molecular formula is C18H30O3SSc. The van der Waals surface area contributed by atoms with E-state index in [4.69, 9.17) is 4.18 Å². The van der Waals surface area contributed by atoms with E-state index in [1.54, 1.807) is 30.3 Å². The second-order valence-corrected chi connectivity index (χ2v) is 7.39. The average Bonchev–Trinajstić information content (AvgIpc) is 2.53. The van der Waals surface area contributed by atoms with Gasteiger partial charge in [0.05, 0.1) is 11.5 Å². The van der Waals surface area contributed by atoms with Crippen LogP contribution in [0.5, 0.6) is 0 Å². The Morgan fingerprint density at radius 2 is 1.26 bits per heavy atom. The third-order valence-corrected chi connectivity index (χ3v) is 5.09. The molecule has 1 rings (SSSR count). The molecule has 129 valence electrons. The molecule has 1 aromatic carbocycles. The van der Waals surface area contributed by atoms with Crippen LogP contribution in [0, 0.1) is 0 Å². The number of rotatable bonds is 13. The van der Waals surface area contributed by atoms with E-state index < -0.39 is 10.1 Å². The molecule has 0 heterocycles. The van der Waals surface area contributed by atoms with Gasteiger partial charge in [-0.15, -0.1) is 0 Å². The monoisotopic (exact) mass is 371 g/mol. The SMILES string of the molecule is CCCCCCCCCCCCOS(=O)(=O)c1ccccc1.[Sc]. The van der Waals surface area contributed by atoms with Gasteiger partial charge in [-0.2, -0.15) is 8.42 Å². The summed E-state index contributed by atoms with van der Waals surface area (Å²) in [4.78, 5) is 0.238. The fraction of sp³-hybridized carbons (Fsp3) is 0.667. The topological polar surface area (TPSA) is 43.4 Å². The average molecular weight is 371 g/mol. The molecule has 0 unspecified atom stereocenters. The first kappa shape index (κ1) is 23.0. The minimum absolute atomic E-state index is 0. The Balaban J connectivity index is 0.00000484. The predicted octanol–water partition coefficient (Wildman–Crippen LogP) is 5.31. The maximum Gasteiger partial charge on any atom is 0.296 e. The third kappa shape index (κ3) is 11.2. The molecule has 0 aliphatic carbocycles. The molecule has 0 aromatic heterocycles. The summed E-state index contributed by atoms with van der Waals surface area (Å²) in [7, 11) is -3.57. The van der Waals surface area contributed by atoms with E-state index >= 15 is 0 Å². The molecule has 3 nitrogen and oxygen atoms in total. The van der Waals surface area contributed by atoms with Gasteiger partial charge in [0, 0.05) is 25.8 Å². The molecule has 0 spiro atoms. The number of benzene rings is 1. The predicted molar refractivity (Wildman–Crippen MR) is 91.4 cm³/mol. The molecular weight excluding hydrogens is 341 g/mol. The van der Waals surface area contributed by atoms with Gasteiger partial charge in [-0.3, -0.25) is 4.18 Å². The minimum Gasteiger partial charge on any atom is -0.266 e. The Morgan fingerprint density at radius 1 is 0.783 bits per heavy atom. The summed E-state index contributed by atoms with van der Waals surface area (Å²) < 4.78 is 28.8. The summed E-state index contributed by atoms with van der Waals surface area (Å²) in [6.45, 7) is 2.52. The van der Waals surface area contributed by atoms with Crippen molar-refractivity contribution in [1.82, 2.24) is 0 Å². The van der Waals surface area contributed by atoms with Crippen molar-refractivity contribution in [2.24, 2.45) is 0 Å². The molecule has 0 saturated heterocycles. The van der Waals surface area contributed by atoms with Crippen LogP contribution >= 0.6 is 0 Å². The molecule has 0 N–H and O–H groups in total. The van der Waals surface area contributed by atoms with Gasteiger partial charge >= 0.3 is 0 Å². The van der Waals surface area contributed by atoms with Crippen molar-refractivity contribution in [3.05, 3.63) is 30.3 Å². The summed E-state index contributed by atoms with van der Waals surface area (Å²) in [6.07, 6.45) is 12.3. The smallest absolute Gasteiger partial charge is 0.266 e. The zero-order valence-electron chi connectivity index (χ0n) is 14.4. The van der Waals surface area contributed by atoms with Gasteiger partial charge in [0.1, 0.15) is 0 Å². The maximum atomic E-state index is 11.9. The van der Waals surface area contributed by atoms with E-state index in [1.165, 1.54) is 51.4 Å². The Hall–Kier alpha value is 0.000130. The Labute approximate surface area is 161 Å². The van der Waals surface area contributed by atoms with Crippen molar-refractivity contribution in [3.63, 3.8) is 0 Å². The molecule has 0 atom stereocenters. The van der Waals surface area contributed by atoms with Crippen LogP contribution in [-0.4, -0.2) is 15.0 Å². The second-order valence-electron chi connectivity index (χ2n) is 5.77. The van der Waals surface area contributed by atoms with Crippen LogP contribution < -0.4 is 0 Å². The van der Waals surface area contributed by atoms with Crippen LogP contribution in [0.15, 0.2) is 35.2 Å². The van der Waals surface area contributed by atoms with Crippen LogP contribution in [0.4, 0.5) is 0 Å². The first-order valence-corrected chi connectivity index (χ1v) is 10.0. The van der Waals surface area contributed by atoms with Gasteiger partial charge in [-0.05, 0) is 18.6 Å². The molecule has 0 bridgehead atoms. The largest absolute Gasteiger partial charge is 0.296 e. The molecule has 5 heteroatoms. The van der Waals surface area contributed by atoms with E-state index in [0.29, 0.717) is 0 Å². The maximum absolute atomic E-state index is 11.9. The van der Waals surface area contributed by atoms with Gasteiger partial charge in [-0.25, -0.2) is 0 Å². The molecule has 1 radical (unpaired) electrons. The fourth-order valence-electron chi connectivity index (χ4n) is 2.41. The van der Waals surface area contributed by atoms with E-state index in [1.807, 2.05) is 0 Å². The van der Waals surface area contributed by atoms with Gasteiger partial charge < -0.3 is 0 Å². The summed E-state index contributed by atoms with van der Waals surface area (Å²) in [5.74, 6) is 0. The van der Waals surface area contributed by atoms with Crippen molar-refractivity contribution in [2.75, 3.05) is 6.61 Å². The first-order valence-electron chi connectivity index (χ1n) is 8.61. The molecule has 1 aromatic rings. The van der Waals surface area contributed by atoms with Crippen molar-refractivity contribution >= 4 is 10.1 Å². The van der Waals surface area contributed by atoms with Gasteiger partial charge in [-0.1, -0.05) is 82.9 Å². The van der Waals surface area contributed by atoms with Crippen molar-refractivity contribution < 1.29 is 38.4 Å². The molecule has 0 aliphatic rings. The van der Waals surface area contributed by atoms with Crippen molar-refractivity contribution in [1.29, 1.82) is 0 Å². The van der Waals surface area contributed by atoms with Crippen LogP contribution in [0.3, 0.4) is 0 Å². The molecule has 0 amide bonds. The van der Waals surface area contributed by atoms with E-state index in [9.17, 15) is 8.42 Å². The van der Waals surface area contributed by atoms with Crippen LogP contribution in [-0.2, 0) is 40.1 Å². The fourth-order valence-corrected chi connectivity index (χ4v) is 3.38. The quantitative estimate of drug-likeness (QED) is 0.349. The molecule has 0 aliphatic heterocycles. The minimum atomic E-state index is -3.57. The molecule has 0 saturated carbocycles. The van der Waals surface area contributed by atoms with Crippen molar-refractivity contribution in [2.45, 2.75) is 76.0 Å². The number of unbranched alkanes of at least 4 members (excludes halogenated alkanes) is 9. The standard InChI is InChI=1S/C18H30O3S.Sc/c1-2-3-4-5-6-7-8-9-10-14-17-21-22(19,20)18-15-12-11-13-16-18;/h11-13,15-16H,2-10,14,17H2,1H3;. The third-order valence-electron chi connectivity index (χ3n) is 3.77. The summed E-state index contributed by atoms with van der Waals surface area (Å²) in [5.41, 5.74) is 0. The zero-order chi connectivity index (χ0) is 16.1. The van der Waals surface area contributed by atoms with Gasteiger partial charge in [0.25, 0.3) is 10.1 Å². The second kappa shape index (κ2) is 14.4. The van der Waals surface area contributed by atoms with Crippen LogP contribution in [0.2, 0.25) is 0 Å². The Kier molecular flexibility index (Phi) is 14.4. The first-order chi connectivity index (χ1) is 10.7. The number of hydrogen-bond donors (Lipinski definition) is 0. The molecule has 23 heavy (non-hydrogen) atoms. The van der Waals surface area contributed by atoms with Gasteiger partial charge in [0.15, 0.2) is 0 Å². The molecule has 0 fully saturated rings. The number of hydrogen-bond acceptors (Lipinski definition) is 3. The Morgan fingerprint density at radius 3 is 1.78 bits per heavy atom. The van der Waals surface area contributed by atoms with Crippen LogP contribution in [0.25, 0.3) is 0 Å². The van der Waals surface area contributed by atoms with Crippen LogP contribution in [0.1, 0.15) is 71.1 Å². The normalized spacial score (nSPS) is 11.2. The zero-order valence-corrected chi connectivity index (χ0v) is 17.0. The Bertz CT molecular complexity index is 474. The van der Waals surface area contributed by atoms with Crippen molar-refractivity contribution in [3.8, 4) is 0 Å². The van der Waals surface area contributed by atoms with E-state index in [0.717, 1.165) is 12.8 Å². The summed E-state index contributed by atoms with van der Waals surface area (Å²) >= 11 is 0. The van der Waals surface area contributed by atoms with E-state index in [-0.39, 0.29) is 37.3 Å². The van der Waals surface area contributed by atoms with E-state index in [2.05, 4.69) is 6.92 Å². The summed E-state index contributed by atoms with van der Waals surface area (Å²) in [5, 5.41) is 0.